The van der Waals surface area contributed by atoms with Crippen molar-refractivity contribution in [3.63, 3.8) is 0 Å². The number of hydrogen-bond donors (Lipinski definition) is 1. The van der Waals surface area contributed by atoms with Crippen LogP contribution in [0, 0.1) is 0 Å². The Labute approximate surface area is 111 Å². The Kier molecular flexibility index (Phi) is 3.18. The maximum atomic E-state index is 12.4. The van der Waals surface area contributed by atoms with Crippen LogP contribution in [0.15, 0.2) is 23.0 Å². The number of rotatable bonds is 1. The first-order valence-corrected chi connectivity index (χ1v) is 6.11. The molecule has 1 fully saturated rings. The van der Waals surface area contributed by atoms with E-state index in [1.807, 2.05) is 0 Å². The number of aromatic nitrogens is 1. The average molecular weight is 263 g/mol. The van der Waals surface area contributed by atoms with Crippen LogP contribution in [0.5, 0.6) is 0 Å². The van der Waals surface area contributed by atoms with Gasteiger partial charge >= 0.3 is 0 Å². The van der Waals surface area contributed by atoms with Crippen molar-refractivity contribution in [1.29, 1.82) is 0 Å². The molecule has 1 saturated heterocycles. The normalized spacial score (nSPS) is 18.6. The number of likely N-dealkylation sites (N-methyl/N-ethyl adjacent to an activating group) is 1. The number of hydrogen-bond acceptors (Lipinski definition) is 3. The number of nitrogens with one attached hydrogen (secondary N) is 1. The third kappa shape index (κ3) is 2.25. The van der Waals surface area contributed by atoms with E-state index < -0.39 is 5.54 Å². The second-order valence-corrected chi connectivity index (χ2v) is 5.17. The quantitative estimate of drug-likeness (QED) is 0.779. The maximum Gasteiger partial charge on any atom is 0.271 e. The molecule has 1 aromatic heterocycles. The lowest BCUT2D eigenvalue weighted by atomic mass is 9.97. The third-order valence-electron chi connectivity index (χ3n) is 3.45. The lowest BCUT2D eigenvalue weighted by molar-refractivity contribution is -0.144. The first-order chi connectivity index (χ1) is 8.84. The van der Waals surface area contributed by atoms with Crippen LogP contribution in [0.25, 0.3) is 0 Å². The minimum absolute atomic E-state index is 0.106. The molecule has 1 N–H and O–H groups in total. The van der Waals surface area contributed by atoms with Crippen molar-refractivity contribution >= 4 is 11.8 Å². The van der Waals surface area contributed by atoms with Crippen LogP contribution in [0.3, 0.4) is 0 Å². The zero-order valence-electron chi connectivity index (χ0n) is 11.3. The molecule has 0 aliphatic carbocycles. The van der Waals surface area contributed by atoms with Crippen LogP contribution >= 0.6 is 0 Å². The second kappa shape index (κ2) is 4.53. The smallest absolute Gasteiger partial charge is 0.271 e. The predicted octanol–water partition coefficient (Wildman–Crippen LogP) is 0.0677. The van der Waals surface area contributed by atoms with E-state index in [1.165, 1.54) is 17.0 Å². The number of aromatic amines is 1. The SMILES string of the molecule is CN1CCN(C(=O)c2cccc(=O)[nH]2)C(C)(C)C1=O. The van der Waals surface area contributed by atoms with E-state index in [2.05, 4.69) is 4.98 Å². The Morgan fingerprint density at radius 2 is 1.95 bits per heavy atom. The van der Waals surface area contributed by atoms with E-state index >= 15 is 0 Å². The number of amides is 2. The number of carbonyl (C=O) groups excluding carboxylic acids is 2. The van der Waals surface area contributed by atoms with E-state index in [4.69, 9.17) is 0 Å². The largest absolute Gasteiger partial charge is 0.342 e. The highest BCUT2D eigenvalue weighted by atomic mass is 16.2. The topological polar surface area (TPSA) is 73.5 Å². The number of piperazine rings is 1. The van der Waals surface area contributed by atoms with E-state index in [1.54, 1.807) is 31.9 Å². The average Bonchev–Trinajstić information content (AvgIpc) is 2.35. The molecule has 19 heavy (non-hydrogen) atoms. The summed E-state index contributed by atoms with van der Waals surface area (Å²) in [6, 6.07) is 4.41. The summed E-state index contributed by atoms with van der Waals surface area (Å²) in [7, 11) is 1.72. The fourth-order valence-corrected chi connectivity index (χ4v) is 2.29. The van der Waals surface area contributed by atoms with Gasteiger partial charge in [0.15, 0.2) is 0 Å². The van der Waals surface area contributed by atoms with Crippen molar-refractivity contribution in [3.8, 4) is 0 Å². The summed E-state index contributed by atoms with van der Waals surface area (Å²) < 4.78 is 0. The molecule has 2 rings (SSSR count). The second-order valence-electron chi connectivity index (χ2n) is 5.17. The van der Waals surface area contributed by atoms with Crippen LogP contribution in [0.1, 0.15) is 24.3 Å². The van der Waals surface area contributed by atoms with Gasteiger partial charge in [-0.25, -0.2) is 0 Å². The molecule has 0 bridgehead atoms. The molecule has 1 aliphatic heterocycles. The molecule has 2 amide bonds. The van der Waals surface area contributed by atoms with E-state index in [0.29, 0.717) is 13.1 Å². The van der Waals surface area contributed by atoms with Gasteiger partial charge in [-0.05, 0) is 19.9 Å². The van der Waals surface area contributed by atoms with E-state index in [0.717, 1.165) is 0 Å². The Balaban J connectivity index is 2.34. The van der Waals surface area contributed by atoms with E-state index in [9.17, 15) is 14.4 Å². The van der Waals surface area contributed by atoms with Gasteiger partial charge in [0, 0.05) is 26.2 Å². The number of nitrogens with zero attached hydrogens (tertiary/aromatic N) is 2. The molecule has 0 aromatic carbocycles. The van der Waals surface area contributed by atoms with Gasteiger partial charge in [-0.2, -0.15) is 0 Å². The molecule has 0 saturated carbocycles. The molecule has 1 aliphatic rings. The Morgan fingerprint density at radius 1 is 1.26 bits per heavy atom. The van der Waals surface area contributed by atoms with Crippen LogP contribution < -0.4 is 5.56 Å². The highest BCUT2D eigenvalue weighted by Gasteiger charge is 2.43. The highest BCUT2D eigenvalue weighted by molar-refractivity contribution is 5.98. The number of pyridine rings is 1. The minimum atomic E-state index is -0.906. The molecular formula is C13H17N3O3. The van der Waals surface area contributed by atoms with Crippen molar-refractivity contribution in [2.75, 3.05) is 20.1 Å². The molecule has 102 valence electrons. The van der Waals surface area contributed by atoms with Gasteiger partial charge in [0.25, 0.3) is 5.91 Å². The molecule has 0 atom stereocenters. The lowest BCUT2D eigenvalue weighted by Crippen LogP contribution is -2.63. The highest BCUT2D eigenvalue weighted by Crippen LogP contribution is 2.23. The monoisotopic (exact) mass is 263 g/mol. The summed E-state index contributed by atoms with van der Waals surface area (Å²) in [5.74, 6) is -0.436. The third-order valence-corrected chi connectivity index (χ3v) is 3.45. The standard InChI is InChI=1S/C13H17N3O3/c1-13(2)12(19)15(3)7-8-16(13)11(18)9-5-4-6-10(17)14-9/h4-6H,7-8H2,1-3H3,(H,14,17). The maximum absolute atomic E-state index is 12.4. The van der Waals surface area contributed by atoms with Gasteiger partial charge in [-0.3, -0.25) is 14.4 Å². The number of carbonyl (C=O) groups is 2. The summed E-state index contributed by atoms with van der Waals surface area (Å²) in [4.78, 5) is 41.4. The molecule has 6 nitrogen and oxygen atoms in total. The molecule has 1 aromatic rings. The van der Waals surface area contributed by atoms with Crippen LogP contribution in [-0.4, -0.2) is 52.3 Å². The minimum Gasteiger partial charge on any atom is -0.342 e. The van der Waals surface area contributed by atoms with Crippen LogP contribution in [-0.2, 0) is 4.79 Å². The Bertz CT molecular complexity index is 576. The van der Waals surface area contributed by atoms with Crippen LogP contribution in [0.4, 0.5) is 0 Å². The fraction of sp³-hybridized carbons (Fsp3) is 0.462. The van der Waals surface area contributed by atoms with Gasteiger partial charge < -0.3 is 14.8 Å². The molecule has 0 radical (unpaired) electrons. The van der Waals surface area contributed by atoms with Gasteiger partial charge in [-0.1, -0.05) is 6.07 Å². The molecule has 6 heteroatoms. The van der Waals surface area contributed by atoms with Gasteiger partial charge in [-0.15, -0.1) is 0 Å². The summed E-state index contributed by atoms with van der Waals surface area (Å²) in [6.45, 7) is 4.37. The molecular weight excluding hydrogens is 246 g/mol. The first-order valence-electron chi connectivity index (χ1n) is 6.11. The van der Waals surface area contributed by atoms with Crippen molar-refractivity contribution in [2.24, 2.45) is 0 Å². The van der Waals surface area contributed by atoms with Crippen molar-refractivity contribution in [1.82, 2.24) is 14.8 Å². The van der Waals surface area contributed by atoms with Gasteiger partial charge in [0.05, 0.1) is 0 Å². The Hall–Kier alpha value is -2.11. The van der Waals surface area contributed by atoms with Crippen molar-refractivity contribution < 1.29 is 9.59 Å². The summed E-state index contributed by atoms with van der Waals surface area (Å²) in [6.07, 6.45) is 0. The van der Waals surface area contributed by atoms with Crippen LogP contribution in [0.2, 0.25) is 0 Å². The summed E-state index contributed by atoms with van der Waals surface area (Å²) in [5.41, 5.74) is -1.03. The van der Waals surface area contributed by atoms with Gasteiger partial charge in [0.2, 0.25) is 11.5 Å². The summed E-state index contributed by atoms with van der Waals surface area (Å²) >= 11 is 0. The van der Waals surface area contributed by atoms with E-state index in [-0.39, 0.29) is 23.1 Å². The van der Waals surface area contributed by atoms with Crippen molar-refractivity contribution in [2.45, 2.75) is 19.4 Å². The lowest BCUT2D eigenvalue weighted by Gasteiger charge is -2.44. The summed E-state index contributed by atoms with van der Waals surface area (Å²) in [5, 5.41) is 0. The molecule has 0 unspecified atom stereocenters. The predicted molar refractivity (Wildman–Crippen MR) is 69.8 cm³/mol. The zero-order chi connectivity index (χ0) is 14.2. The zero-order valence-corrected chi connectivity index (χ0v) is 11.3. The van der Waals surface area contributed by atoms with Gasteiger partial charge in [0.1, 0.15) is 11.2 Å². The first kappa shape index (κ1) is 13.3. The van der Waals surface area contributed by atoms with Crippen molar-refractivity contribution in [3.05, 3.63) is 34.2 Å². The molecule has 2 heterocycles. The number of H-pyrrole nitrogens is 1. The Morgan fingerprint density at radius 3 is 2.58 bits per heavy atom. The fourth-order valence-electron chi connectivity index (χ4n) is 2.29. The molecule has 0 spiro atoms.